The van der Waals surface area contributed by atoms with E-state index in [1.165, 1.54) is 38.8 Å². The summed E-state index contributed by atoms with van der Waals surface area (Å²) >= 11 is 0. The van der Waals surface area contributed by atoms with Crippen molar-refractivity contribution in [1.29, 1.82) is 0 Å². The first-order valence-corrected chi connectivity index (χ1v) is 5.76. The van der Waals surface area contributed by atoms with Crippen LogP contribution in [0.3, 0.4) is 0 Å². The van der Waals surface area contributed by atoms with E-state index in [-0.39, 0.29) is 0 Å². The van der Waals surface area contributed by atoms with Crippen LogP contribution in [0, 0.1) is 11.3 Å². The molecular formula is C11H24BN. The fourth-order valence-electron chi connectivity index (χ4n) is 2.34. The molecule has 0 saturated carbocycles. The van der Waals surface area contributed by atoms with Crippen LogP contribution in [0.25, 0.3) is 0 Å². The summed E-state index contributed by atoms with van der Waals surface area (Å²) in [6.07, 6.45) is 4.12. The van der Waals surface area contributed by atoms with Crippen LogP contribution in [0.4, 0.5) is 0 Å². The zero-order chi connectivity index (χ0) is 9.90. The molecule has 1 nitrogen and oxygen atoms in total. The Kier molecular flexibility index (Phi) is 3.84. The van der Waals surface area contributed by atoms with E-state index in [0.717, 1.165) is 5.92 Å². The van der Waals surface area contributed by atoms with Crippen molar-refractivity contribution in [2.75, 3.05) is 19.6 Å². The van der Waals surface area contributed by atoms with E-state index in [4.69, 9.17) is 0 Å². The Morgan fingerprint density at radius 3 is 2.15 bits per heavy atom. The van der Waals surface area contributed by atoms with Crippen LogP contribution < -0.4 is 0 Å². The molecule has 0 bridgehead atoms. The van der Waals surface area contributed by atoms with E-state index in [9.17, 15) is 0 Å². The Morgan fingerprint density at radius 1 is 1.23 bits per heavy atom. The van der Waals surface area contributed by atoms with E-state index in [2.05, 4.69) is 33.5 Å². The molecule has 13 heavy (non-hydrogen) atoms. The smallest absolute Gasteiger partial charge is 0.103 e. The van der Waals surface area contributed by atoms with Crippen molar-refractivity contribution in [3.63, 3.8) is 0 Å². The summed E-state index contributed by atoms with van der Waals surface area (Å²) in [6, 6.07) is 0. The predicted octanol–water partition coefficient (Wildman–Crippen LogP) is 1.80. The number of hydrogen-bond acceptors (Lipinski definition) is 1. The third-order valence-electron chi connectivity index (χ3n) is 3.35. The van der Waals surface area contributed by atoms with Crippen LogP contribution in [0.5, 0.6) is 0 Å². The second-order valence-electron chi connectivity index (χ2n) is 5.48. The molecule has 0 atom stereocenters. The van der Waals surface area contributed by atoms with E-state index < -0.39 is 0 Å². The van der Waals surface area contributed by atoms with Gasteiger partial charge in [0, 0.05) is 0 Å². The van der Waals surface area contributed by atoms with Gasteiger partial charge in [-0.1, -0.05) is 27.1 Å². The Labute approximate surface area is 84.3 Å². The maximum absolute atomic E-state index is 2.61. The monoisotopic (exact) mass is 181 g/mol. The van der Waals surface area contributed by atoms with Crippen LogP contribution in [0.15, 0.2) is 0 Å². The van der Waals surface area contributed by atoms with Crippen molar-refractivity contribution in [3.8, 4) is 0 Å². The molecule has 1 heterocycles. The van der Waals surface area contributed by atoms with Gasteiger partial charge < -0.3 is 4.90 Å². The molecule has 1 aliphatic rings. The average molecular weight is 181 g/mol. The Bertz CT molecular complexity index is 143. The number of rotatable bonds is 2. The van der Waals surface area contributed by atoms with Crippen molar-refractivity contribution in [3.05, 3.63) is 0 Å². The molecule has 1 saturated heterocycles. The van der Waals surface area contributed by atoms with E-state index >= 15 is 0 Å². The van der Waals surface area contributed by atoms with Crippen LogP contribution in [-0.4, -0.2) is 32.4 Å². The predicted molar refractivity (Wildman–Crippen MR) is 62.0 cm³/mol. The van der Waals surface area contributed by atoms with Crippen molar-refractivity contribution in [2.45, 2.75) is 39.9 Å². The number of hydrogen-bond donors (Lipinski definition) is 0. The third kappa shape index (κ3) is 3.34. The molecule has 1 aliphatic heterocycles. The summed E-state index contributed by atoms with van der Waals surface area (Å²) in [7, 11) is 2.27. The van der Waals surface area contributed by atoms with Gasteiger partial charge in [0.05, 0.1) is 0 Å². The van der Waals surface area contributed by atoms with Crippen molar-refractivity contribution in [2.24, 2.45) is 11.3 Å². The Balaban J connectivity index is 2.30. The second-order valence-corrected chi connectivity index (χ2v) is 5.48. The number of likely N-dealkylation sites (tertiary alicyclic amines) is 1. The van der Waals surface area contributed by atoms with Gasteiger partial charge in [0.2, 0.25) is 0 Å². The standard InChI is InChI=1S/C11H24BN/c1-11(2,3)10-4-7-13(8-5-10)9-6-12/h10H,4-9,12H2,1-3H3. The first kappa shape index (κ1) is 11.1. The topological polar surface area (TPSA) is 3.24 Å². The Morgan fingerprint density at radius 2 is 1.77 bits per heavy atom. The quantitative estimate of drug-likeness (QED) is 0.587. The van der Waals surface area contributed by atoms with Crippen LogP contribution in [0.2, 0.25) is 6.32 Å². The molecule has 1 fully saturated rings. The highest BCUT2D eigenvalue weighted by atomic mass is 15.1. The molecule has 0 spiro atoms. The van der Waals surface area contributed by atoms with Gasteiger partial charge in [0.25, 0.3) is 0 Å². The van der Waals surface area contributed by atoms with Gasteiger partial charge in [-0.2, -0.15) is 0 Å². The summed E-state index contributed by atoms with van der Waals surface area (Å²) in [6.45, 7) is 11.1. The highest BCUT2D eigenvalue weighted by molar-refractivity contribution is 6.08. The molecule has 0 aromatic carbocycles. The maximum Gasteiger partial charge on any atom is 0.103 e. The normalized spacial score (nSPS) is 22.1. The van der Waals surface area contributed by atoms with Crippen molar-refractivity contribution >= 4 is 7.85 Å². The van der Waals surface area contributed by atoms with Gasteiger partial charge in [0.1, 0.15) is 7.85 Å². The zero-order valence-corrected chi connectivity index (χ0v) is 9.77. The molecule has 0 aromatic rings. The highest BCUT2D eigenvalue weighted by Gasteiger charge is 2.28. The first-order valence-electron chi connectivity index (χ1n) is 5.76. The lowest BCUT2D eigenvalue weighted by atomic mass is 9.75. The molecule has 0 unspecified atom stereocenters. The minimum Gasteiger partial charge on any atom is -0.304 e. The maximum atomic E-state index is 2.61. The minimum absolute atomic E-state index is 0.526. The Hall–Kier alpha value is 0.0249. The van der Waals surface area contributed by atoms with Crippen molar-refractivity contribution < 1.29 is 0 Å². The first-order chi connectivity index (χ1) is 6.04. The van der Waals surface area contributed by atoms with Crippen LogP contribution in [0.1, 0.15) is 33.6 Å². The van der Waals surface area contributed by atoms with Crippen molar-refractivity contribution in [1.82, 2.24) is 4.90 Å². The molecule has 0 aromatic heterocycles. The van der Waals surface area contributed by atoms with Gasteiger partial charge in [-0.15, -0.1) is 0 Å². The molecule has 76 valence electrons. The summed E-state index contributed by atoms with van der Waals surface area (Å²) < 4.78 is 0. The fraction of sp³-hybridized carbons (Fsp3) is 1.00. The zero-order valence-electron chi connectivity index (χ0n) is 9.77. The molecule has 2 heteroatoms. The van der Waals surface area contributed by atoms with Gasteiger partial charge in [-0.05, 0) is 43.8 Å². The van der Waals surface area contributed by atoms with E-state index in [1.807, 2.05) is 0 Å². The highest BCUT2D eigenvalue weighted by Crippen LogP contribution is 2.34. The summed E-state index contributed by atoms with van der Waals surface area (Å²) in [5.41, 5.74) is 0.526. The van der Waals surface area contributed by atoms with E-state index in [1.54, 1.807) is 0 Å². The molecule has 0 N–H and O–H groups in total. The number of nitrogens with zero attached hydrogens (tertiary/aromatic N) is 1. The second kappa shape index (κ2) is 4.50. The molecule has 0 radical (unpaired) electrons. The molecule has 0 aliphatic carbocycles. The SMILES string of the molecule is BCCN1CCC(C(C)(C)C)CC1. The largest absolute Gasteiger partial charge is 0.304 e. The third-order valence-corrected chi connectivity index (χ3v) is 3.35. The lowest BCUT2D eigenvalue weighted by Crippen LogP contribution is -2.38. The number of piperidine rings is 1. The molecule has 0 amide bonds. The summed E-state index contributed by atoms with van der Waals surface area (Å²) in [5.74, 6) is 0.945. The summed E-state index contributed by atoms with van der Waals surface area (Å²) in [5, 5.41) is 0. The average Bonchev–Trinajstić information content (AvgIpc) is 2.04. The van der Waals surface area contributed by atoms with Gasteiger partial charge >= 0.3 is 0 Å². The lowest BCUT2D eigenvalue weighted by Gasteiger charge is -2.38. The van der Waals surface area contributed by atoms with Gasteiger partial charge in [0.15, 0.2) is 0 Å². The minimum atomic E-state index is 0.526. The van der Waals surface area contributed by atoms with Gasteiger partial charge in [-0.25, -0.2) is 0 Å². The fourth-order valence-corrected chi connectivity index (χ4v) is 2.34. The lowest BCUT2D eigenvalue weighted by molar-refractivity contribution is 0.116. The van der Waals surface area contributed by atoms with Gasteiger partial charge in [-0.3, -0.25) is 0 Å². The summed E-state index contributed by atoms with van der Waals surface area (Å²) in [4.78, 5) is 2.61. The molecular weight excluding hydrogens is 157 g/mol. The van der Waals surface area contributed by atoms with E-state index in [0.29, 0.717) is 5.41 Å². The molecule has 1 rings (SSSR count). The van der Waals surface area contributed by atoms with Crippen LogP contribution >= 0.6 is 0 Å². The van der Waals surface area contributed by atoms with Crippen LogP contribution in [-0.2, 0) is 0 Å².